The van der Waals surface area contributed by atoms with E-state index in [2.05, 4.69) is 0 Å². The molecule has 20 heavy (non-hydrogen) atoms. The third-order valence-electron chi connectivity index (χ3n) is 3.13. The van der Waals surface area contributed by atoms with Crippen molar-refractivity contribution in [3.8, 4) is 0 Å². The Balaban J connectivity index is 2.17. The van der Waals surface area contributed by atoms with Gasteiger partial charge in [0, 0.05) is 22.8 Å². The van der Waals surface area contributed by atoms with Crippen molar-refractivity contribution in [3.05, 3.63) is 76.9 Å². The normalized spacial score (nSPS) is 14.0. The van der Waals surface area contributed by atoms with Gasteiger partial charge in [0.25, 0.3) is 0 Å². The zero-order valence-corrected chi connectivity index (χ0v) is 10.2. The van der Waals surface area contributed by atoms with Gasteiger partial charge in [-0.2, -0.15) is 0 Å². The molecule has 3 rings (SSSR count). The largest absolute Gasteiger partial charge is 0.289 e. The average molecular weight is 270 g/mol. The SMILES string of the molecule is O=C1C=C(c2cc(F)cc(F)c2)C(=O)c2ccccc21. The molecule has 4 heteroatoms. The highest BCUT2D eigenvalue weighted by Crippen LogP contribution is 2.28. The summed E-state index contributed by atoms with van der Waals surface area (Å²) in [4.78, 5) is 24.3. The predicted octanol–water partition coefficient (Wildman–Crippen LogP) is 3.43. The first-order valence-electron chi connectivity index (χ1n) is 5.92. The number of hydrogen-bond acceptors (Lipinski definition) is 2. The maximum atomic E-state index is 13.2. The molecule has 98 valence electrons. The Morgan fingerprint density at radius 2 is 1.40 bits per heavy atom. The number of ketones is 2. The molecule has 0 bridgehead atoms. The van der Waals surface area contributed by atoms with Crippen LogP contribution >= 0.6 is 0 Å². The van der Waals surface area contributed by atoms with Gasteiger partial charge in [0.1, 0.15) is 11.6 Å². The number of carbonyl (C=O) groups is 2. The molecule has 0 aromatic heterocycles. The summed E-state index contributed by atoms with van der Waals surface area (Å²) in [5, 5.41) is 0. The Morgan fingerprint density at radius 3 is 2.05 bits per heavy atom. The number of allylic oxidation sites excluding steroid dienone is 2. The number of rotatable bonds is 1. The van der Waals surface area contributed by atoms with E-state index in [4.69, 9.17) is 0 Å². The van der Waals surface area contributed by atoms with Crippen molar-refractivity contribution in [2.75, 3.05) is 0 Å². The Morgan fingerprint density at radius 1 is 0.800 bits per heavy atom. The molecule has 1 aliphatic rings. The molecule has 0 atom stereocenters. The number of fused-ring (bicyclic) bond motifs is 1. The van der Waals surface area contributed by atoms with Gasteiger partial charge in [-0.25, -0.2) is 8.78 Å². The Bertz CT molecular complexity index is 756. The van der Waals surface area contributed by atoms with E-state index in [0.717, 1.165) is 18.2 Å². The molecule has 2 aromatic rings. The quantitative estimate of drug-likeness (QED) is 0.795. The fourth-order valence-corrected chi connectivity index (χ4v) is 2.24. The molecule has 2 nitrogen and oxygen atoms in total. The molecule has 0 unspecified atom stereocenters. The highest BCUT2D eigenvalue weighted by Gasteiger charge is 2.26. The molecule has 0 heterocycles. The number of Topliss-reactive ketones (excluding diaryl/α,β-unsaturated/α-hetero) is 1. The van der Waals surface area contributed by atoms with E-state index in [9.17, 15) is 18.4 Å². The molecule has 1 aliphatic carbocycles. The highest BCUT2D eigenvalue weighted by atomic mass is 19.1. The van der Waals surface area contributed by atoms with Crippen molar-refractivity contribution < 1.29 is 18.4 Å². The van der Waals surface area contributed by atoms with Gasteiger partial charge in [-0.1, -0.05) is 24.3 Å². The van der Waals surface area contributed by atoms with Crippen LogP contribution in [0.5, 0.6) is 0 Å². The second-order valence-electron chi connectivity index (χ2n) is 4.46. The predicted molar refractivity (Wildman–Crippen MR) is 69.4 cm³/mol. The summed E-state index contributed by atoms with van der Waals surface area (Å²) in [5.74, 6) is -2.34. The smallest absolute Gasteiger partial charge is 0.194 e. The summed E-state index contributed by atoms with van der Waals surface area (Å²) < 4.78 is 26.5. The summed E-state index contributed by atoms with van der Waals surface area (Å²) in [6.07, 6.45) is 1.12. The Hall–Kier alpha value is -2.62. The lowest BCUT2D eigenvalue weighted by atomic mass is 9.86. The summed E-state index contributed by atoms with van der Waals surface area (Å²) in [6.45, 7) is 0. The summed E-state index contributed by atoms with van der Waals surface area (Å²) in [5.41, 5.74) is 0.625. The number of halogens is 2. The molecular formula is C16H8F2O2. The van der Waals surface area contributed by atoms with E-state index >= 15 is 0 Å². The first kappa shape index (κ1) is 12.4. The van der Waals surface area contributed by atoms with E-state index in [1.165, 1.54) is 6.07 Å². The number of benzene rings is 2. The van der Waals surface area contributed by atoms with Gasteiger partial charge in [-0.15, -0.1) is 0 Å². The summed E-state index contributed by atoms with van der Waals surface area (Å²) in [6, 6.07) is 9.16. The Kier molecular flexibility index (Phi) is 2.79. The minimum atomic E-state index is -0.792. The molecule has 0 N–H and O–H groups in total. The first-order valence-corrected chi connectivity index (χ1v) is 5.92. The van der Waals surface area contributed by atoms with E-state index in [1.807, 2.05) is 0 Å². The molecule has 0 fully saturated rings. The lowest BCUT2D eigenvalue weighted by Crippen LogP contribution is -2.16. The van der Waals surface area contributed by atoms with Crippen LogP contribution in [0.4, 0.5) is 8.78 Å². The maximum Gasteiger partial charge on any atom is 0.194 e. The van der Waals surface area contributed by atoms with Crippen LogP contribution in [-0.2, 0) is 0 Å². The molecule has 0 radical (unpaired) electrons. The number of carbonyl (C=O) groups excluding carboxylic acids is 2. The lowest BCUT2D eigenvalue weighted by molar-refractivity contribution is 0.100. The monoisotopic (exact) mass is 270 g/mol. The topological polar surface area (TPSA) is 34.1 Å². The first-order chi connectivity index (χ1) is 9.56. The van der Waals surface area contributed by atoms with Crippen LogP contribution in [0.25, 0.3) is 5.57 Å². The van der Waals surface area contributed by atoms with E-state index in [1.54, 1.807) is 18.2 Å². The van der Waals surface area contributed by atoms with Gasteiger partial charge in [0.2, 0.25) is 0 Å². The lowest BCUT2D eigenvalue weighted by Gasteiger charge is -2.15. The average Bonchev–Trinajstić information content (AvgIpc) is 2.42. The van der Waals surface area contributed by atoms with Crippen LogP contribution in [0, 0.1) is 11.6 Å². The van der Waals surface area contributed by atoms with E-state index in [-0.39, 0.29) is 22.5 Å². The summed E-state index contributed by atoms with van der Waals surface area (Å²) >= 11 is 0. The molecule has 0 aliphatic heterocycles. The van der Waals surface area contributed by atoms with Crippen LogP contribution in [0.3, 0.4) is 0 Å². The molecule has 2 aromatic carbocycles. The van der Waals surface area contributed by atoms with Gasteiger partial charge in [0.15, 0.2) is 11.6 Å². The van der Waals surface area contributed by atoms with Crippen molar-refractivity contribution in [1.82, 2.24) is 0 Å². The van der Waals surface area contributed by atoms with Crippen molar-refractivity contribution in [2.45, 2.75) is 0 Å². The van der Waals surface area contributed by atoms with Gasteiger partial charge < -0.3 is 0 Å². The van der Waals surface area contributed by atoms with Crippen molar-refractivity contribution in [1.29, 1.82) is 0 Å². The number of hydrogen-bond donors (Lipinski definition) is 0. The van der Waals surface area contributed by atoms with E-state index < -0.39 is 17.4 Å². The fourth-order valence-electron chi connectivity index (χ4n) is 2.24. The van der Waals surface area contributed by atoms with Crippen molar-refractivity contribution in [2.24, 2.45) is 0 Å². The standard InChI is InChI=1S/C16H8F2O2/c17-10-5-9(6-11(18)7-10)14-8-15(19)12-3-1-2-4-13(12)16(14)20/h1-8H. The van der Waals surface area contributed by atoms with Crippen LogP contribution in [0.2, 0.25) is 0 Å². The second-order valence-corrected chi connectivity index (χ2v) is 4.46. The summed E-state index contributed by atoms with van der Waals surface area (Å²) in [7, 11) is 0. The van der Waals surface area contributed by atoms with Crippen LogP contribution in [0.15, 0.2) is 48.5 Å². The zero-order valence-electron chi connectivity index (χ0n) is 10.2. The molecule has 0 amide bonds. The zero-order chi connectivity index (χ0) is 14.3. The van der Waals surface area contributed by atoms with Gasteiger partial charge in [0.05, 0.1) is 0 Å². The molecule has 0 saturated heterocycles. The minimum Gasteiger partial charge on any atom is -0.289 e. The van der Waals surface area contributed by atoms with E-state index in [0.29, 0.717) is 11.6 Å². The van der Waals surface area contributed by atoms with Crippen molar-refractivity contribution in [3.63, 3.8) is 0 Å². The van der Waals surface area contributed by atoms with Crippen molar-refractivity contribution >= 4 is 17.1 Å². The van der Waals surface area contributed by atoms with Crippen LogP contribution in [-0.4, -0.2) is 11.6 Å². The molecular weight excluding hydrogens is 262 g/mol. The Labute approximate surface area is 113 Å². The van der Waals surface area contributed by atoms with Gasteiger partial charge in [-0.3, -0.25) is 9.59 Å². The minimum absolute atomic E-state index is 0.00657. The second kappa shape index (κ2) is 4.49. The third kappa shape index (κ3) is 1.95. The van der Waals surface area contributed by atoms with Crippen LogP contribution in [0.1, 0.15) is 26.3 Å². The van der Waals surface area contributed by atoms with Gasteiger partial charge >= 0.3 is 0 Å². The fraction of sp³-hybridized carbons (Fsp3) is 0. The molecule has 0 saturated carbocycles. The molecule has 0 spiro atoms. The van der Waals surface area contributed by atoms with Crippen LogP contribution < -0.4 is 0 Å². The maximum absolute atomic E-state index is 13.2. The van der Waals surface area contributed by atoms with Gasteiger partial charge in [-0.05, 0) is 23.8 Å². The third-order valence-corrected chi connectivity index (χ3v) is 3.13. The highest BCUT2D eigenvalue weighted by molar-refractivity contribution is 6.38.